The summed E-state index contributed by atoms with van der Waals surface area (Å²) in [6.45, 7) is 1.68. The standard InChI is InChI=1S/C18H13Cl3FN3O2S/c1-9(17(26)27-2)28-18-24-23-16(12-5-3-10(19)7-13(12)20)25(18)11-4-6-15(22)14(21)8-11/h3-9H,1-2H3. The second-order valence-electron chi connectivity index (χ2n) is 5.65. The molecule has 146 valence electrons. The van der Waals surface area contributed by atoms with Crippen molar-refractivity contribution in [2.45, 2.75) is 17.3 Å². The van der Waals surface area contributed by atoms with Gasteiger partial charge in [-0.25, -0.2) is 4.39 Å². The highest BCUT2D eigenvalue weighted by Crippen LogP contribution is 2.35. The molecule has 0 aliphatic carbocycles. The summed E-state index contributed by atoms with van der Waals surface area (Å²) in [7, 11) is 1.31. The van der Waals surface area contributed by atoms with Crippen LogP contribution in [0.15, 0.2) is 41.6 Å². The second kappa shape index (κ2) is 8.69. The molecule has 3 aromatic rings. The van der Waals surface area contributed by atoms with E-state index in [9.17, 15) is 9.18 Å². The maximum absolute atomic E-state index is 13.7. The van der Waals surface area contributed by atoms with Gasteiger partial charge in [0.25, 0.3) is 0 Å². The van der Waals surface area contributed by atoms with Gasteiger partial charge >= 0.3 is 5.97 Å². The van der Waals surface area contributed by atoms with Crippen LogP contribution in [-0.4, -0.2) is 33.1 Å². The molecule has 5 nitrogen and oxygen atoms in total. The van der Waals surface area contributed by atoms with Crippen molar-refractivity contribution in [2.24, 2.45) is 0 Å². The number of nitrogens with zero attached hydrogens (tertiary/aromatic N) is 3. The lowest BCUT2D eigenvalue weighted by atomic mass is 10.2. The first-order valence-corrected chi connectivity index (χ1v) is 9.94. The van der Waals surface area contributed by atoms with E-state index in [-0.39, 0.29) is 5.02 Å². The molecule has 0 bridgehead atoms. The SMILES string of the molecule is COC(=O)C(C)Sc1nnc(-c2ccc(Cl)cc2Cl)n1-c1ccc(F)c(Cl)c1. The van der Waals surface area contributed by atoms with E-state index in [1.165, 1.54) is 25.3 Å². The van der Waals surface area contributed by atoms with Crippen LogP contribution in [0.25, 0.3) is 17.1 Å². The summed E-state index contributed by atoms with van der Waals surface area (Å²) in [5.41, 5.74) is 1.08. The molecule has 28 heavy (non-hydrogen) atoms. The largest absolute Gasteiger partial charge is 0.468 e. The molecule has 2 aromatic carbocycles. The molecule has 0 fully saturated rings. The normalized spacial score (nSPS) is 12.1. The first-order valence-electron chi connectivity index (χ1n) is 7.92. The van der Waals surface area contributed by atoms with Gasteiger partial charge in [-0.15, -0.1) is 10.2 Å². The van der Waals surface area contributed by atoms with Crippen LogP contribution < -0.4 is 0 Å². The molecule has 0 amide bonds. The fraction of sp³-hybridized carbons (Fsp3) is 0.167. The number of carbonyl (C=O) groups excluding carboxylic acids is 1. The zero-order valence-corrected chi connectivity index (χ0v) is 17.7. The van der Waals surface area contributed by atoms with E-state index in [0.29, 0.717) is 32.3 Å². The van der Waals surface area contributed by atoms with Gasteiger partial charge in [-0.2, -0.15) is 0 Å². The zero-order valence-electron chi connectivity index (χ0n) is 14.6. The summed E-state index contributed by atoms with van der Waals surface area (Å²) in [6.07, 6.45) is 0. The van der Waals surface area contributed by atoms with Crippen molar-refractivity contribution >= 4 is 52.5 Å². The molecule has 1 heterocycles. The van der Waals surface area contributed by atoms with Crippen molar-refractivity contribution in [1.82, 2.24) is 14.8 Å². The maximum Gasteiger partial charge on any atom is 0.318 e. The summed E-state index contributed by atoms with van der Waals surface area (Å²) in [6, 6.07) is 9.17. The van der Waals surface area contributed by atoms with E-state index in [1.54, 1.807) is 29.7 Å². The molecule has 0 saturated carbocycles. The van der Waals surface area contributed by atoms with Crippen LogP contribution in [0.2, 0.25) is 15.1 Å². The highest BCUT2D eigenvalue weighted by molar-refractivity contribution is 8.00. The number of aromatic nitrogens is 3. The Morgan fingerprint density at radius 3 is 2.54 bits per heavy atom. The molecule has 1 aromatic heterocycles. The first kappa shape index (κ1) is 20.9. The lowest BCUT2D eigenvalue weighted by Gasteiger charge is -2.13. The number of methoxy groups -OCH3 is 1. The summed E-state index contributed by atoms with van der Waals surface area (Å²) in [5.74, 6) is -0.576. The van der Waals surface area contributed by atoms with E-state index >= 15 is 0 Å². The zero-order chi connectivity index (χ0) is 20.4. The number of esters is 1. The lowest BCUT2D eigenvalue weighted by Crippen LogP contribution is -2.15. The van der Waals surface area contributed by atoms with Crippen LogP contribution in [0.5, 0.6) is 0 Å². The predicted molar refractivity (Wildman–Crippen MR) is 109 cm³/mol. The number of ether oxygens (including phenoxy) is 1. The van der Waals surface area contributed by atoms with Gasteiger partial charge in [0, 0.05) is 10.6 Å². The molecule has 0 aliphatic heterocycles. The molecule has 0 spiro atoms. The van der Waals surface area contributed by atoms with Gasteiger partial charge in [-0.05, 0) is 43.3 Å². The number of hydrogen-bond acceptors (Lipinski definition) is 5. The number of halogens is 4. The van der Waals surface area contributed by atoms with E-state index < -0.39 is 17.0 Å². The van der Waals surface area contributed by atoms with Gasteiger partial charge in [-0.1, -0.05) is 46.6 Å². The third-order valence-electron chi connectivity index (χ3n) is 3.78. The van der Waals surface area contributed by atoms with Gasteiger partial charge in [0.15, 0.2) is 11.0 Å². The van der Waals surface area contributed by atoms with Crippen LogP contribution in [0.4, 0.5) is 4.39 Å². The van der Waals surface area contributed by atoms with Crippen molar-refractivity contribution in [3.05, 3.63) is 57.3 Å². The average Bonchev–Trinajstić information content (AvgIpc) is 3.06. The van der Waals surface area contributed by atoms with Crippen LogP contribution in [0.3, 0.4) is 0 Å². The summed E-state index contributed by atoms with van der Waals surface area (Å²) in [4.78, 5) is 11.8. The quantitative estimate of drug-likeness (QED) is 0.362. The highest BCUT2D eigenvalue weighted by Gasteiger charge is 2.23. The summed E-state index contributed by atoms with van der Waals surface area (Å²) >= 11 is 19.4. The van der Waals surface area contributed by atoms with Crippen LogP contribution in [0, 0.1) is 5.82 Å². The van der Waals surface area contributed by atoms with Gasteiger partial charge in [0.2, 0.25) is 0 Å². The molecule has 0 radical (unpaired) electrons. The van der Waals surface area contributed by atoms with Crippen molar-refractivity contribution in [3.63, 3.8) is 0 Å². The summed E-state index contributed by atoms with van der Waals surface area (Å²) in [5, 5.41) is 9.03. The Morgan fingerprint density at radius 2 is 1.89 bits per heavy atom. The number of rotatable bonds is 5. The van der Waals surface area contributed by atoms with Crippen molar-refractivity contribution in [1.29, 1.82) is 0 Å². The molecule has 0 N–H and O–H groups in total. The predicted octanol–water partition coefficient (Wildman–Crippen LogP) is 5.69. The van der Waals surface area contributed by atoms with Crippen LogP contribution in [-0.2, 0) is 9.53 Å². The van der Waals surface area contributed by atoms with Crippen LogP contribution >= 0.6 is 46.6 Å². The second-order valence-corrected chi connectivity index (χ2v) is 8.21. The van der Waals surface area contributed by atoms with Crippen LogP contribution in [0.1, 0.15) is 6.92 Å². The van der Waals surface area contributed by atoms with E-state index in [0.717, 1.165) is 11.8 Å². The maximum atomic E-state index is 13.7. The number of thioether (sulfide) groups is 1. The minimum Gasteiger partial charge on any atom is -0.468 e. The molecule has 1 unspecified atom stereocenters. The monoisotopic (exact) mass is 459 g/mol. The molecule has 0 saturated heterocycles. The van der Waals surface area contributed by atoms with Crippen molar-refractivity contribution in [2.75, 3.05) is 7.11 Å². The Bertz CT molecular complexity index is 1040. The number of carbonyl (C=O) groups is 1. The van der Waals surface area contributed by atoms with E-state index in [2.05, 4.69) is 10.2 Å². The average molecular weight is 461 g/mol. The van der Waals surface area contributed by atoms with E-state index in [4.69, 9.17) is 39.5 Å². The third-order valence-corrected chi connectivity index (χ3v) is 5.64. The topological polar surface area (TPSA) is 57.0 Å². The summed E-state index contributed by atoms with van der Waals surface area (Å²) < 4.78 is 20.1. The molecule has 0 aliphatic rings. The van der Waals surface area contributed by atoms with Gasteiger partial charge in [-0.3, -0.25) is 9.36 Å². The fourth-order valence-corrected chi connectivity index (χ4v) is 3.98. The van der Waals surface area contributed by atoms with Crippen molar-refractivity contribution in [3.8, 4) is 17.1 Å². The van der Waals surface area contributed by atoms with Gasteiger partial charge in [0.05, 0.1) is 22.8 Å². The molecular formula is C18H13Cl3FN3O2S. The minimum absolute atomic E-state index is 0.0590. The van der Waals surface area contributed by atoms with Crippen molar-refractivity contribution < 1.29 is 13.9 Å². The minimum atomic E-state index is -0.554. The number of benzene rings is 2. The Hall–Kier alpha value is -1.80. The Balaban J connectivity index is 2.17. The Labute approximate surface area is 179 Å². The van der Waals surface area contributed by atoms with Gasteiger partial charge in [0.1, 0.15) is 11.1 Å². The first-order chi connectivity index (χ1) is 13.3. The smallest absolute Gasteiger partial charge is 0.318 e. The molecular weight excluding hydrogens is 448 g/mol. The molecule has 10 heteroatoms. The number of hydrogen-bond donors (Lipinski definition) is 0. The molecule has 1 atom stereocenters. The van der Waals surface area contributed by atoms with E-state index in [1.807, 2.05) is 0 Å². The Morgan fingerprint density at radius 1 is 1.14 bits per heavy atom. The van der Waals surface area contributed by atoms with Gasteiger partial charge < -0.3 is 4.74 Å². The lowest BCUT2D eigenvalue weighted by molar-refractivity contribution is -0.139. The highest BCUT2D eigenvalue weighted by atomic mass is 35.5. The molecule has 3 rings (SSSR count). The third kappa shape index (κ3) is 4.27. The Kier molecular flexibility index (Phi) is 6.50. The fourth-order valence-electron chi connectivity index (χ4n) is 2.42.